The van der Waals surface area contributed by atoms with Gasteiger partial charge in [0.25, 0.3) is 0 Å². The molecule has 2 aromatic carbocycles. The number of carboxylic acid groups (broad SMARTS) is 1. The summed E-state index contributed by atoms with van der Waals surface area (Å²) < 4.78 is 0. The molecule has 0 spiro atoms. The molecule has 4 nitrogen and oxygen atoms in total. The number of nitrogens with two attached hydrogens (primary N) is 1. The lowest BCUT2D eigenvalue weighted by Crippen LogP contribution is -2.92. The normalized spacial score (nSPS) is 12.6. The van der Waals surface area contributed by atoms with E-state index in [4.69, 9.17) is 11.6 Å². The highest BCUT2D eigenvalue weighted by Crippen LogP contribution is 2.22. The fourth-order valence-electron chi connectivity index (χ4n) is 2.64. The minimum absolute atomic E-state index is 0.00144. The smallest absolute Gasteiger partial charge is 0.169 e. The van der Waals surface area contributed by atoms with E-state index in [2.05, 4.69) is 20.8 Å². The van der Waals surface area contributed by atoms with Gasteiger partial charge in [-0.2, -0.15) is 0 Å². The van der Waals surface area contributed by atoms with Gasteiger partial charge >= 0.3 is 0 Å². The Hall–Kier alpha value is -2.17. The van der Waals surface area contributed by atoms with Gasteiger partial charge in [0.2, 0.25) is 0 Å². The van der Waals surface area contributed by atoms with E-state index in [0.717, 1.165) is 11.1 Å². The van der Waals surface area contributed by atoms with Crippen LogP contribution in [0, 0.1) is 0 Å². The van der Waals surface area contributed by atoms with E-state index in [-0.39, 0.29) is 17.6 Å². The molecule has 0 amide bonds. The van der Waals surface area contributed by atoms with Gasteiger partial charge in [-0.25, -0.2) is 0 Å². The van der Waals surface area contributed by atoms with Crippen LogP contribution in [0.1, 0.15) is 48.7 Å². The van der Waals surface area contributed by atoms with Crippen LogP contribution < -0.4 is 10.4 Å². The Labute approximate surface area is 159 Å². The highest BCUT2D eigenvalue weighted by molar-refractivity contribution is 6.30. The lowest BCUT2D eigenvalue weighted by Gasteiger charge is -2.19. The fraction of sp³-hybridized carbons (Fsp3) is 0.333. The maximum Gasteiger partial charge on any atom is 0.169 e. The SMILES string of the molecule is CC(C)(C)c1ccc(C(=O)C[C@@H]([NH2+]Cc2ccc(Cl)cc2)C(=O)[O-])cc1. The van der Waals surface area contributed by atoms with Crippen molar-refractivity contribution in [2.24, 2.45) is 0 Å². The van der Waals surface area contributed by atoms with Crippen LogP contribution >= 0.6 is 11.6 Å². The Bertz CT molecular complexity index is 761. The molecule has 0 aromatic heterocycles. The third-order valence-corrected chi connectivity index (χ3v) is 4.58. The van der Waals surface area contributed by atoms with Crippen molar-refractivity contribution in [3.63, 3.8) is 0 Å². The quantitative estimate of drug-likeness (QED) is 0.755. The van der Waals surface area contributed by atoms with Crippen LogP contribution in [0.5, 0.6) is 0 Å². The molecule has 0 heterocycles. The van der Waals surface area contributed by atoms with Gasteiger partial charge in [0, 0.05) is 16.1 Å². The van der Waals surface area contributed by atoms with E-state index >= 15 is 0 Å². The molecule has 0 unspecified atom stereocenters. The minimum Gasteiger partial charge on any atom is -0.544 e. The summed E-state index contributed by atoms with van der Waals surface area (Å²) in [5, 5.41) is 13.6. The number of carbonyl (C=O) groups is 2. The van der Waals surface area contributed by atoms with Crippen LogP contribution in [0.2, 0.25) is 5.02 Å². The van der Waals surface area contributed by atoms with Crippen molar-refractivity contribution in [2.45, 2.75) is 45.2 Å². The van der Waals surface area contributed by atoms with Crippen molar-refractivity contribution in [1.82, 2.24) is 0 Å². The predicted molar refractivity (Wildman–Crippen MR) is 100.0 cm³/mol. The average Bonchev–Trinajstić information content (AvgIpc) is 2.59. The summed E-state index contributed by atoms with van der Waals surface area (Å²) in [6.45, 7) is 6.73. The third kappa shape index (κ3) is 5.68. The monoisotopic (exact) mass is 373 g/mol. The van der Waals surface area contributed by atoms with Crippen molar-refractivity contribution in [2.75, 3.05) is 0 Å². The second kappa shape index (κ2) is 8.47. The Morgan fingerprint density at radius 2 is 1.62 bits per heavy atom. The summed E-state index contributed by atoms with van der Waals surface area (Å²) in [5.74, 6) is -1.44. The standard InChI is InChI=1S/C21H24ClNO3/c1-21(2,3)16-8-6-15(7-9-16)19(24)12-18(20(25)26)23-13-14-4-10-17(22)11-5-14/h4-11,18,23H,12-13H2,1-3H3,(H,25,26)/t18-/m1/s1. The largest absolute Gasteiger partial charge is 0.544 e. The van der Waals surface area contributed by atoms with Gasteiger partial charge in [-0.1, -0.05) is 68.8 Å². The van der Waals surface area contributed by atoms with E-state index in [1.807, 2.05) is 24.3 Å². The second-order valence-corrected chi connectivity index (χ2v) is 7.88. The Morgan fingerprint density at radius 3 is 2.12 bits per heavy atom. The van der Waals surface area contributed by atoms with Gasteiger partial charge in [0.05, 0.1) is 12.4 Å². The van der Waals surface area contributed by atoms with Gasteiger partial charge in [0.15, 0.2) is 5.78 Å². The van der Waals surface area contributed by atoms with Crippen molar-refractivity contribution >= 4 is 23.4 Å². The molecule has 2 N–H and O–H groups in total. The number of carboxylic acids is 1. The fourth-order valence-corrected chi connectivity index (χ4v) is 2.76. The Kier molecular flexibility index (Phi) is 6.57. The first kappa shape index (κ1) is 20.1. The number of Topliss-reactive ketones (excluding diaryl/α,β-unsaturated/α-hetero) is 1. The third-order valence-electron chi connectivity index (χ3n) is 4.33. The van der Waals surface area contributed by atoms with Gasteiger partial charge < -0.3 is 15.2 Å². The zero-order chi connectivity index (χ0) is 19.3. The number of carbonyl (C=O) groups excluding carboxylic acids is 2. The highest BCUT2D eigenvalue weighted by atomic mass is 35.5. The topological polar surface area (TPSA) is 73.8 Å². The van der Waals surface area contributed by atoms with Crippen LogP contribution in [-0.2, 0) is 16.8 Å². The second-order valence-electron chi connectivity index (χ2n) is 7.45. The summed E-state index contributed by atoms with van der Waals surface area (Å²) in [4.78, 5) is 23.9. The minimum atomic E-state index is -1.24. The first-order valence-corrected chi connectivity index (χ1v) is 8.97. The van der Waals surface area contributed by atoms with Crippen molar-refractivity contribution in [1.29, 1.82) is 0 Å². The molecule has 0 fully saturated rings. The molecule has 2 aromatic rings. The molecule has 5 heteroatoms. The zero-order valence-electron chi connectivity index (χ0n) is 15.3. The van der Waals surface area contributed by atoms with Crippen LogP contribution in [0.15, 0.2) is 48.5 Å². The molecule has 1 atom stereocenters. The number of hydrogen-bond acceptors (Lipinski definition) is 3. The van der Waals surface area contributed by atoms with Gasteiger partial charge in [-0.3, -0.25) is 4.79 Å². The summed E-state index contributed by atoms with van der Waals surface area (Å²) in [6.07, 6.45) is -0.106. The van der Waals surface area contributed by atoms with Gasteiger partial charge in [0.1, 0.15) is 12.6 Å². The van der Waals surface area contributed by atoms with E-state index in [1.165, 1.54) is 0 Å². The molecule has 138 valence electrons. The number of benzene rings is 2. The molecule has 0 aliphatic heterocycles. The number of rotatable bonds is 7. The molecule has 2 rings (SSSR count). The maximum absolute atomic E-state index is 12.4. The average molecular weight is 374 g/mol. The molecule has 26 heavy (non-hydrogen) atoms. The zero-order valence-corrected chi connectivity index (χ0v) is 16.0. The van der Waals surface area contributed by atoms with Gasteiger partial charge in [-0.15, -0.1) is 0 Å². The summed E-state index contributed by atoms with van der Waals surface area (Å²) >= 11 is 5.84. The molecular weight excluding hydrogens is 350 g/mol. The number of halogens is 1. The Balaban J connectivity index is 2.01. The van der Waals surface area contributed by atoms with Crippen LogP contribution in [-0.4, -0.2) is 17.8 Å². The first-order valence-electron chi connectivity index (χ1n) is 8.59. The predicted octanol–water partition coefficient (Wildman–Crippen LogP) is 2.09. The number of ketones is 1. The van der Waals surface area contributed by atoms with Crippen molar-refractivity contribution in [3.8, 4) is 0 Å². The van der Waals surface area contributed by atoms with E-state index < -0.39 is 12.0 Å². The van der Waals surface area contributed by atoms with Crippen LogP contribution in [0.4, 0.5) is 0 Å². The van der Waals surface area contributed by atoms with Crippen molar-refractivity contribution in [3.05, 3.63) is 70.2 Å². The molecular formula is C21H24ClNO3. The van der Waals surface area contributed by atoms with Crippen molar-refractivity contribution < 1.29 is 20.0 Å². The van der Waals surface area contributed by atoms with E-state index in [9.17, 15) is 14.7 Å². The summed E-state index contributed by atoms with van der Waals surface area (Å²) in [7, 11) is 0. The van der Waals surface area contributed by atoms with E-state index in [0.29, 0.717) is 17.1 Å². The molecule has 0 radical (unpaired) electrons. The van der Waals surface area contributed by atoms with Gasteiger partial charge in [-0.05, 0) is 23.1 Å². The van der Waals surface area contributed by atoms with Crippen LogP contribution in [0.25, 0.3) is 0 Å². The molecule has 0 bridgehead atoms. The molecule has 0 aliphatic rings. The number of quaternary nitrogens is 1. The highest BCUT2D eigenvalue weighted by Gasteiger charge is 2.20. The summed E-state index contributed by atoms with van der Waals surface area (Å²) in [6, 6.07) is 13.6. The number of aliphatic carboxylic acids is 1. The molecule has 0 saturated carbocycles. The lowest BCUT2D eigenvalue weighted by atomic mass is 9.86. The van der Waals surface area contributed by atoms with Crippen LogP contribution in [0.3, 0.4) is 0 Å². The molecule has 0 aliphatic carbocycles. The Morgan fingerprint density at radius 1 is 1.04 bits per heavy atom. The maximum atomic E-state index is 12.4. The van der Waals surface area contributed by atoms with E-state index in [1.54, 1.807) is 29.6 Å². The number of hydrogen-bond donors (Lipinski definition) is 1. The molecule has 0 saturated heterocycles. The summed E-state index contributed by atoms with van der Waals surface area (Å²) in [5.41, 5.74) is 2.58. The first-order chi connectivity index (χ1) is 12.2. The lowest BCUT2D eigenvalue weighted by molar-refractivity contribution is -0.697.